The standard InChI is InChI=1S/C17H18N6O/c18-16(24)14-11-13(4-7-19-14)22-9-5-12(6-10-22)17-21-20-15-3-1-2-8-23(15)17/h1-4,7-8,11-12H,5-6,9-10H2,(H2,18,24). The molecule has 0 spiro atoms. The van der Waals surface area contributed by atoms with Crippen LogP contribution in [-0.2, 0) is 0 Å². The Morgan fingerprint density at radius 2 is 2.00 bits per heavy atom. The number of hydrogen-bond acceptors (Lipinski definition) is 5. The minimum absolute atomic E-state index is 0.304. The summed E-state index contributed by atoms with van der Waals surface area (Å²) in [6.45, 7) is 1.79. The second kappa shape index (κ2) is 5.92. The van der Waals surface area contributed by atoms with Crippen LogP contribution in [0.5, 0.6) is 0 Å². The van der Waals surface area contributed by atoms with Gasteiger partial charge in [0, 0.05) is 37.1 Å². The first-order valence-electron chi connectivity index (χ1n) is 8.03. The molecule has 2 N–H and O–H groups in total. The number of anilines is 1. The van der Waals surface area contributed by atoms with Crippen LogP contribution in [0.15, 0.2) is 42.7 Å². The van der Waals surface area contributed by atoms with E-state index in [0.717, 1.165) is 43.1 Å². The van der Waals surface area contributed by atoms with Gasteiger partial charge in [0.05, 0.1) is 0 Å². The third kappa shape index (κ3) is 2.58. The van der Waals surface area contributed by atoms with E-state index >= 15 is 0 Å². The highest BCUT2D eigenvalue weighted by molar-refractivity contribution is 5.91. The molecular formula is C17H18N6O. The van der Waals surface area contributed by atoms with Gasteiger partial charge in [-0.3, -0.25) is 14.2 Å². The number of primary amides is 1. The predicted molar refractivity (Wildman–Crippen MR) is 89.9 cm³/mol. The topological polar surface area (TPSA) is 89.4 Å². The summed E-state index contributed by atoms with van der Waals surface area (Å²) in [6, 6.07) is 9.61. The summed E-state index contributed by atoms with van der Waals surface area (Å²) in [5, 5.41) is 8.62. The van der Waals surface area contributed by atoms with Crippen molar-refractivity contribution < 1.29 is 4.79 Å². The summed E-state index contributed by atoms with van der Waals surface area (Å²) < 4.78 is 2.07. The molecule has 0 aromatic carbocycles. The minimum Gasteiger partial charge on any atom is -0.371 e. The van der Waals surface area contributed by atoms with Gasteiger partial charge in [0.1, 0.15) is 11.5 Å². The number of amides is 1. The Labute approximate surface area is 139 Å². The molecule has 4 heterocycles. The molecule has 0 unspecified atom stereocenters. The Balaban J connectivity index is 1.51. The maximum Gasteiger partial charge on any atom is 0.267 e. The zero-order valence-corrected chi connectivity index (χ0v) is 13.2. The van der Waals surface area contributed by atoms with Gasteiger partial charge in [-0.2, -0.15) is 0 Å². The van der Waals surface area contributed by atoms with Crippen LogP contribution in [0.2, 0.25) is 0 Å². The van der Waals surface area contributed by atoms with E-state index in [1.807, 2.05) is 30.5 Å². The van der Waals surface area contributed by atoms with Crippen molar-refractivity contribution in [2.45, 2.75) is 18.8 Å². The number of fused-ring (bicyclic) bond motifs is 1. The number of piperidine rings is 1. The van der Waals surface area contributed by atoms with Gasteiger partial charge < -0.3 is 10.6 Å². The van der Waals surface area contributed by atoms with Gasteiger partial charge in [-0.05, 0) is 37.1 Å². The molecule has 122 valence electrons. The fourth-order valence-electron chi connectivity index (χ4n) is 3.28. The molecule has 3 aromatic rings. The number of nitrogens with two attached hydrogens (primary N) is 1. The molecular weight excluding hydrogens is 304 g/mol. The van der Waals surface area contributed by atoms with E-state index in [9.17, 15) is 4.79 Å². The Kier molecular flexibility index (Phi) is 3.60. The third-order valence-electron chi connectivity index (χ3n) is 4.56. The Morgan fingerprint density at radius 1 is 1.17 bits per heavy atom. The first-order chi connectivity index (χ1) is 11.7. The average molecular weight is 322 g/mol. The van der Waals surface area contributed by atoms with Gasteiger partial charge in [0.2, 0.25) is 0 Å². The number of carbonyl (C=O) groups is 1. The number of pyridine rings is 2. The summed E-state index contributed by atoms with van der Waals surface area (Å²) in [4.78, 5) is 17.5. The molecule has 3 aromatic heterocycles. The SMILES string of the molecule is NC(=O)c1cc(N2CCC(c3nnc4ccccn34)CC2)ccn1. The van der Waals surface area contributed by atoms with Crippen molar-refractivity contribution in [2.24, 2.45) is 5.73 Å². The lowest BCUT2D eigenvalue weighted by atomic mass is 9.95. The molecule has 0 aliphatic carbocycles. The van der Waals surface area contributed by atoms with E-state index in [4.69, 9.17) is 5.73 Å². The largest absolute Gasteiger partial charge is 0.371 e. The summed E-state index contributed by atoms with van der Waals surface area (Å²) >= 11 is 0. The number of aromatic nitrogens is 4. The molecule has 7 heteroatoms. The first kappa shape index (κ1) is 14.6. The van der Waals surface area contributed by atoms with E-state index in [-0.39, 0.29) is 0 Å². The van der Waals surface area contributed by atoms with Crippen LogP contribution in [0.25, 0.3) is 5.65 Å². The predicted octanol–water partition coefficient (Wildman–Crippen LogP) is 1.61. The van der Waals surface area contributed by atoms with Crippen LogP contribution in [-0.4, -0.2) is 38.6 Å². The van der Waals surface area contributed by atoms with E-state index in [0.29, 0.717) is 11.6 Å². The van der Waals surface area contributed by atoms with Crippen molar-refractivity contribution in [2.75, 3.05) is 18.0 Å². The van der Waals surface area contributed by atoms with E-state index in [1.165, 1.54) is 0 Å². The molecule has 1 fully saturated rings. The molecule has 0 radical (unpaired) electrons. The lowest BCUT2D eigenvalue weighted by Crippen LogP contribution is -2.33. The van der Waals surface area contributed by atoms with Crippen molar-refractivity contribution >= 4 is 17.2 Å². The highest BCUT2D eigenvalue weighted by Gasteiger charge is 2.24. The van der Waals surface area contributed by atoms with Gasteiger partial charge in [-0.25, -0.2) is 0 Å². The monoisotopic (exact) mass is 322 g/mol. The molecule has 0 saturated carbocycles. The quantitative estimate of drug-likeness (QED) is 0.791. The Bertz CT molecular complexity index is 881. The van der Waals surface area contributed by atoms with Gasteiger partial charge in [-0.1, -0.05) is 6.07 Å². The maximum atomic E-state index is 11.3. The van der Waals surface area contributed by atoms with Crippen molar-refractivity contribution in [3.05, 3.63) is 54.2 Å². The fraction of sp³-hybridized carbons (Fsp3) is 0.294. The van der Waals surface area contributed by atoms with Crippen molar-refractivity contribution in [3.63, 3.8) is 0 Å². The summed E-state index contributed by atoms with van der Waals surface area (Å²) in [5.74, 6) is 0.913. The van der Waals surface area contributed by atoms with Gasteiger partial charge in [0.15, 0.2) is 5.65 Å². The molecule has 0 bridgehead atoms. The number of rotatable bonds is 3. The number of nitrogens with zero attached hydrogens (tertiary/aromatic N) is 5. The van der Waals surface area contributed by atoms with E-state index in [1.54, 1.807) is 12.3 Å². The summed E-state index contributed by atoms with van der Waals surface area (Å²) in [7, 11) is 0. The second-order valence-corrected chi connectivity index (χ2v) is 6.01. The van der Waals surface area contributed by atoms with Crippen molar-refractivity contribution in [1.82, 2.24) is 19.6 Å². The molecule has 24 heavy (non-hydrogen) atoms. The number of carbonyl (C=O) groups excluding carboxylic acids is 1. The molecule has 7 nitrogen and oxygen atoms in total. The Hall–Kier alpha value is -2.96. The minimum atomic E-state index is -0.498. The van der Waals surface area contributed by atoms with Crippen LogP contribution < -0.4 is 10.6 Å². The molecule has 1 amide bonds. The number of hydrogen-bond donors (Lipinski definition) is 1. The average Bonchev–Trinajstić information content (AvgIpc) is 3.06. The zero-order valence-electron chi connectivity index (χ0n) is 13.2. The van der Waals surface area contributed by atoms with Gasteiger partial charge in [0.25, 0.3) is 5.91 Å². The van der Waals surface area contributed by atoms with Crippen LogP contribution >= 0.6 is 0 Å². The van der Waals surface area contributed by atoms with E-state index in [2.05, 4.69) is 24.5 Å². The lowest BCUT2D eigenvalue weighted by molar-refractivity contribution is 0.0995. The summed E-state index contributed by atoms with van der Waals surface area (Å²) in [6.07, 6.45) is 5.63. The maximum absolute atomic E-state index is 11.3. The van der Waals surface area contributed by atoms with E-state index < -0.39 is 5.91 Å². The van der Waals surface area contributed by atoms with Crippen LogP contribution in [0, 0.1) is 0 Å². The first-order valence-corrected chi connectivity index (χ1v) is 8.03. The highest BCUT2D eigenvalue weighted by atomic mass is 16.1. The molecule has 0 atom stereocenters. The molecule has 4 rings (SSSR count). The smallest absolute Gasteiger partial charge is 0.267 e. The third-order valence-corrected chi connectivity index (χ3v) is 4.56. The Morgan fingerprint density at radius 3 is 2.79 bits per heavy atom. The summed E-state index contributed by atoms with van der Waals surface area (Å²) in [5.41, 5.74) is 7.49. The fourth-order valence-corrected chi connectivity index (χ4v) is 3.28. The van der Waals surface area contributed by atoms with Crippen LogP contribution in [0.3, 0.4) is 0 Å². The molecule has 1 aliphatic heterocycles. The van der Waals surface area contributed by atoms with Gasteiger partial charge >= 0.3 is 0 Å². The molecule has 1 saturated heterocycles. The normalized spacial score (nSPS) is 15.8. The van der Waals surface area contributed by atoms with Gasteiger partial charge in [-0.15, -0.1) is 10.2 Å². The van der Waals surface area contributed by atoms with Crippen LogP contribution in [0.4, 0.5) is 5.69 Å². The second-order valence-electron chi connectivity index (χ2n) is 6.01. The lowest BCUT2D eigenvalue weighted by Gasteiger charge is -2.33. The van der Waals surface area contributed by atoms with Crippen molar-refractivity contribution in [3.8, 4) is 0 Å². The van der Waals surface area contributed by atoms with Crippen molar-refractivity contribution in [1.29, 1.82) is 0 Å². The highest BCUT2D eigenvalue weighted by Crippen LogP contribution is 2.29. The van der Waals surface area contributed by atoms with Crippen LogP contribution in [0.1, 0.15) is 35.1 Å². The molecule has 1 aliphatic rings. The zero-order chi connectivity index (χ0) is 16.5.